The molecule has 2 N–H and O–H groups in total. The molecule has 5 nitrogen and oxygen atoms in total. The highest BCUT2D eigenvalue weighted by Gasteiger charge is 2.31. The first-order chi connectivity index (χ1) is 7.09. The fourth-order valence-electron chi connectivity index (χ4n) is 1.67. The number of carboxylic acid groups (broad SMARTS) is 1. The van der Waals surface area contributed by atoms with Gasteiger partial charge < -0.3 is 10.4 Å². The molecule has 0 aliphatic heterocycles. The first-order valence-corrected chi connectivity index (χ1v) is 4.93. The molecule has 1 saturated carbocycles. The van der Waals surface area contributed by atoms with Gasteiger partial charge in [-0.2, -0.15) is 0 Å². The van der Waals surface area contributed by atoms with Crippen LogP contribution in [0.2, 0.25) is 0 Å². The summed E-state index contributed by atoms with van der Waals surface area (Å²) in [6.45, 7) is 2.10. The third-order valence-electron chi connectivity index (χ3n) is 2.74. The molecule has 1 aliphatic carbocycles. The number of rotatable bonds is 3. The zero-order valence-electron chi connectivity index (χ0n) is 8.53. The van der Waals surface area contributed by atoms with Crippen molar-refractivity contribution in [1.82, 2.24) is 9.97 Å². The highest BCUT2D eigenvalue weighted by molar-refractivity contribution is 5.85. The van der Waals surface area contributed by atoms with Crippen LogP contribution in [-0.4, -0.2) is 26.6 Å². The van der Waals surface area contributed by atoms with E-state index in [4.69, 9.17) is 5.11 Å². The van der Waals surface area contributed by atoms with Crippen LogP contribution in [0.3, 0.4) is 0 Å². The topological polar surface area (TPSA) is 75.1 Å². The van der Waals surface area contributed by atoms with Crippen molar-refractivity contribution in [3.05, 3.63) is 18.1 Å². The van der Waals surface area contributed by atoms with Crippen molar-refractivity contribution >= 4 is 11.8 Å². The Kier molecular flexibility index (Phi) is 2.30. The van der Waals surface area contributed by atoms with Gasteiger partial charge in [-0.25, -0.2) is 9.78 Å². The van der Waals surface area contributed by atoms with Crippen LogP contribution in [0, 0.1) is 0 Å². The SMILES string of the molecule is CC1(Nc2cncc(C(=O)O)n2)CCC1. The summed E-state index contributed by atoms with van der Waals surface area (Å²) >= 11 is 0. The molecule has 0 bridgehead atoms. The summed E-state index contributed by atoms with van der Waals surface area (Å²) in [6, 6.07) is 0. The lowest BCUT2D eigenvalue weighted by Gasteiger charge is -2.39. The summed E-state index contributed by atoms with van der Waals surface area (Å²) in [4.78, 5) is 18.5. The molecule has 0 radical (unpaired) electrons. The highest BCUT2D eigenvalue weighted by atomic mass is 16.4. The monoisotopic (exact) mass is 207 g/mol. The number of nitrogens with one attached hydrogen (secondary N) is 1. The smallest absolute Gasteiger partial charge is 0.356 e. The van der Waals surface area contributed by atoms with E-state index >= 15 is 0 Å². The molecule has 2 rings (SSSR count). The van der Waals surface area contributed by atoms with E-state index in [9.17, 15) is 4.79 Å². The van der Waals surface area contributed by atoms with Crippen molar-refractivity contribution in [2.24, 2.45) is 0 Å². The Morgan fingerprint density at radius 1 is 1.53 bits per heavy atom. The molecule has 1 aromatic rings. The molecule has 0 amide bonds. The molecule has 0 spiro atoms. The third-order valence-corrected chi connectivity index (χ3v) is 2.74. The number of aromatic carboxylic acids is 1. The van der Waals surface area contributed by atoms with Crippen molar-refractivity contribution in [3.8, 4) is 0 Å². The number of carboxylic acids is 1. The minimum atomic E-state index is -1.05. The highest BCUT2D eigenvalue weighted by Crippen LogP contribution is 2.33. The third kappa shape index (κ3) is 2.06. The molecule has 1 heterocycles. The Morgan fingerprint density at radius 3 is 2.80 bits per heavy atom. The van der Waals surface area contributed by atoms with E-state index in [0.717, 1.165) is 12.8 Å². The Morgan fingerprint density at radius 2 is 2.27 bits per heavy atom. The van der Waals surface area contributed by atoms with Gasteiger partial charge in [-0.1, -0.05) is 0 Å². The second kappa shape index (κ2) is 3.49. The van der Waals surface area contributed by atoms with Crippen molar-refractivity contribution in [2.75, 3.05) is 5.32 Å². The van der Waals surface area contributed by atoms with Crippen molar-refractivity contribution in [1.29, 1.82) is 0 Å². The van der Waals surface area contributed by atoms with Gasteiger partial charge in [0.1, 0.15) is 5.82 Å². The van der Waals surface area contributed by atoms with E-state index in [0.29, 0.717) is 5.82 Å². The lowest BCUT2D eigenvalue weighted by Crippen LogP contribution is -2.42. The molecule has 0 saturated heterocycles. The van der Waals surface area contributed by atoms with Crippen LogP contribution in [0.25, 0.3) is 0 Å². The molecule has 1 aromatic heterocycles. The quantitative estimate of drug-likeness (QED) is 0.786. The maximum atomic E-state index is 10.7. The van der Waals surface area contributed by atoms with E-state index in [2.05, 4.69) is 22.2 Å². The van der Waals surface area contributed by atoms with Gasteiger partial charge in [-0.15, -0.1) is 0 Å². The zero-order valence-corrected chi connectivity index (χ0v) is 8.53. The van der Waals surface area contributed by atoms with Crippen LogP contribution < -0.4 is 5.32 Å². The number of hydrogen-bond donors (Lipinski definition) is 2. The van der Waals surface area contributed by atoms with Crippen LogP contribution in [0.1, 0.15) is 36.7 Å². The number of anilines is 1. The second-order valence-corrected chi connectivity index (χ2v) is 4.13. The van der Waals surface area contributed by atoms with Gasteiger partial charge >= 0.3 is 5.97 Å². The van der Waals surface area contributed by atoms with Crippen LogP contribution in [-0.2, 0) is 0 Å². The molecular formula is C10H13N3O2. The Labute approximate surface area is 87.6 Å². The van der Waals surface area contributed by atoms with Crippen LogP contribution in [0.5, 0.6) is 0 Å². The van der Waals surface area contributed by atoms with Crippen molar-refractivity contribution in [2.45, 2.75) is 31.7 Å². The fourth-order valence-corrected chi connectivity index (χ4v) is 1.67. The van der Waals surface area contributed by atoms with Crippen molar-refractivity contribution < 1.29 is 9.90 Å². The Hall–Kier alpha value is -1.65. The lowest BCUT2D eigenvalue weighted by molar-refractivity contribution is 0.0690. The molecule has 0 unspecified atom stereocenters. The maximum absolute atomic E-state index is 10.7. The summed E-state index contributed by atoms with van der Waals surface area (Å²) in [7, 11) is 0. The average molecular weight is 207 g/mol. The first-order valence-electron chi connectivity index (χ1n) is 4.93. The number of carbonyl (C=O) groups is 1. The number of hydrogen-bond acceptors (Lipinski definition) is 4. The first kappa shape index (κ1) is 9.89. The molecule has 80 valence electrons. The Bertz CT molecular complexity index is 388. The molecule has 0 atom stereocenters. The summed E-state index contributed by atoms with van der Waals surface area (Å²) in [5.74, 6) is -0.512. The van der Waals surface area contributed by atoms with Gasteiger partial charge in [-0.05, 0) is 26.2 Å². The predicted molar refractivity (Wildman–Crippen MR) is 54.9 cm³/mol. The van der Waals surface area contributed by atoms with Gasteiger partial charge in [0.2, 0.25) is 0 Å². The van der Waals surface area contributed by atoms with E-state index in [-0.39, 0.29) is 11.2 Å². The fraction of sp³-hybridized carbons (Fsp3) is 0.500. The average Bonchev–Trinajstić information content (AvgIpc) is 2.16. The largest absolute Gasteiger partial charge is 0.476 e. The standard InChI is InChI=1S/C10H13N3O2/c1-10(3-2-4-10)13-8-6-11-5-7(12-8)9(14)15/h5-6H,2-4H2,1H3,(H,12,13)(H,14,15). The summed E-state index contributed by atoms with van der Waals surface area (Å²) in [5.41, 5.74) is 0.0362. The second-order valence-electron chi connectivity index (χ2n) is 4.13. The van der Waals surface area contributed by atoms with E-state index in [1.54, 1.807) is 6.20 Å². The molecule has 1 aliphatic rings. The molecule has 5 heteroatoms. The van der Waals surface area contributed by atoms with E-state index in [1.807, 2.05) is 0 Å². The normalized spacial score (nSPS) is 17.9. The zero-order chi connectivity index (χ0) is 10.9. The minimum Gasteiger partial charge on any atom is -0.476 e. The van der Waals surface area contributed by atoms with Gasteiger partial charge in [-0.3, -0.25) is 4.98 Å². The molecular weight excluding hydrogens is 194 g/mol. The number of aromatic nitrogens is 2. The minimum absolute atomic E-state index is 0.0251. The Balaban J connectivity index is 2.14. The van der Waals surface area contributed by atoms with Gasteiger partial charge in [0.15, 0.2) is 5.69 Å². The van der Waals surface area contributed by atoms with Gasteiger partial charge in [0, 0.05) is 5.54 Å². The summed E-state index contributed by atoms with van der Waals surface area (Å²) in [6.07, 6.45) is 6.18. The van der Waals surface area contributed by atoms with Gasteiger partial charge in [0.25, 0.3) is 0 Å². The molecule has 15 heavy (non-hydrogen) atoms. The van der Waals surface area contributed by atoms with Crippen molar-refractivity contribution in [3.63, 3.8) is 0 Å². The maximum Gasteiger partial charge on any atom is 0.356 e. The summed E-state index contributed by atoms with van der Waals surface area (Å²) in [5, 5.41) is 12.0. The molecule has 1 fully saturated rings. The summed E-state index contributed by atoms with van der Waals surface area (Å²) < 4.78 is 0. The van der Waals surface area contributed by atoms with Crippen LogP contribution >= 0.6 is 0 Å². The van der Waals surface area contributed by atoms with E-state index < -0.39 is 5.97 Å². The van der Waals surface area contributed by atoms with Gasteiger partial charge in [0.05, 0.1) is 12.4 Å². The predicted octanol–water partition coefficient (Wildman–Crippen LogP) is 1.53. The molecule has 0 aromatic carbocycles. The van der Waals surface area contributed by atoms with Crippen LogP contribution in [0.15, 0.2) is 12.4 Å². The van der Waals surface area contributed by atoms with E-state index in [1.165, 1.54) is 12.6 Å². The number of nitrogens with zero attached hydrogens (tertiary/aromatic N) is 2. The lowest BCUT2D eigenvalue weighted by atomic mass is 9.78. The van der Waals surface area contributed by atoms with Crippen LogP contribution in [0.4, 0.5) is 5.82 Å².